The fourth-order valence-electron chi connectivity index (χ4n) is 2.14. The van der Waals surface area contributed by atoms with Crippen molar-refractivity contribution in [3.63, 3.8) is 0 Å². The number of benzene rings is 1. The second-order valence-electron chi connectivity index (χ2n) is 5.02. The smallest absolute Gasteiger partial charge is 0.289 e. The number of aromatic hydroxyl groups is 1. The van der Waals surface area contributed by atoms with E-state index >= 15 is 0 Å². The number of nitro groups is 1. The third-order valence-electron chi connectivity index (χ3n) is 3.30. The monoisotopic (exact) mass is 360 g/mol. The van der Waals surface area contributed by atoms with Gasteiger partial charge in [0, 0.05) is 16.7 Å². The molecule has 7 nitrogen and oxygen atoms in total. The van der Waals surface area contributed by atoms with Gasteiger partial charge in [-0.25, -0.2) is 4.39 Å². The lowest BCUT2D eigenvalue weighted by Crippen LogP contribution is -1.96. The molecule has 0 saturated heterocycles. The maximum absolute atomic E-state index is 14.0. The average Bonchev–Trinajstić information content (AvgIpc) is 2.59. The van der Waals surface area contributed by atoms with E-state index in [9.17, 15) is 19.6 Å². The van der Waals surface area contributed by atoms with Gasteiger partial charge in [-0.15, -0.1) is 0 Å². The zero-order chi connectivity index (χ0) is 18.0. The van der Waals surface area contributed by atoms with Gasteiger partial charge < -0.3 is 10.4 Å². The fourth-order valence-corrected chi connectivity index (χ4v) is 2.31. The molecule has 0 unspecified atom stereocenters. The van der Waals surface area contributed by atoms with Gasteiger partial charge in [-0.1, -0.05) is 11.6 Å². The number of aromatic nitrogens is 2. The standard InChI is InChI=1S/C16H10ClFN4O3/c17-9-1-2-13(18)12(3-9)14-5-15(16(23)8-20-14)21-10-4-11(22(24)25)7-19-6-10/h1-8,23H,(H,20,21). The van der Waals surface area contributed by atoms with Gasteiger partial charge in [-0.2, -0.15) is 0 Å². The fraction of sp³-hybridized carbons (Fsp3) is 0. The molecule has 0 amide bonds. The summed E-state index contributed by atoms with van der Waals surface area (Å²) in [5.74, 6) is -0.733. The lowest BCUT2D eigenvalue weighted by Gasteiger charge is -2.10. The highest BCUT2D eigenvalue weighted by molar-refractivity contribution is 6.30. The summed E-state index contributed by atoms with van der Waals surface area (Å²) in [6.07, 6.45) is 3.60. The molecule has 0 radical (unpaired) electrons. The molecule has 2 aromatic heterocycles. The van der Waals surface area contributed by atoms with Gasteiger partial charge in [0.1, 0.15) is 12.0 Å². The Kier molecular flexibility index (Phi) is 4.44. The zero-order valence-electron chi connectivity index (χ0n) is 12.5. The maximum Gasteiger partial charge on any atom is 0.289 e. The first-order valence-corrected chi connectivity index (χ1v) is 7.33. The average molecular weight is 361 g/mol. The molecule has 1 aromatic carbocycles. The van der Waals surface area contributed by atoms with E-state index in [1.807, 2.05) is 0 Å². The first-order valence-electron chi connectivity index (χ1n) is 6.95. The van der Waals surface area contributed by atoms with Crippen LogP contribution in [-0.4, -0.2) is 20.0 Å². The van der Waals surface area contributed by atoms with Crippen LogP contribution < -0.4 is 5.32 Å². The molecule has 3 aromatic rings. The zero-order valence-corrected chi connectivity index (χ0v) is 13.2. The molecular formula is C16H10ClFN4O3. The SMILES string of the molecule is O=[N+]([O-])c1cncc(Nc2cc(-c3cc(Cl)ccc3F)ncc2O)c1. The molecule has 0 aliphatic carbocycles. The van der Waals surface area contributed by atoms with Gasteiger partial charge in [0.05, 0.1) is 34.4 Å². The number of rotatable bonds is 4. The summed E-state index contributed by atoms with van der Waals surface area (Å²) in [5.41, 5.74) is 0.658. The van der Waals surface area contributed by atoms with Crippen molar-refractivity contribution in [3.05, 3.63) is 69.9 Å². The minimum atomic E-state index is -0.586. The summed E-state index contributed by atoms with van der Waals surface area (Å²) >= 11 is 5.88. The van der Waals surface area contributed by atoms with E-state index < -0.39 is 10.7 Å². The Balaban J connectivity index is 1.99. The Morgan fingerprint density at radius 3 is 2.76 bits per heavy atom. The molecule has 3 rings (SSSR count). The van der Waals surface area contributed by atoms with Crippen LogP contribution in [-0.2, 0) is 0 Å². The molecule has 126 valence electrons. The second-order valence-corrected chi connectivity index (χ2v) is 5.46. The summed E-state index contributed by atoms with van der Waals surface area (Å²) in [4.78, 5) is 18.0. The highest BCUT2D eigenvalue weighted by atomic mass is 35.5. The van der Waals surface area contributed by atoms with Crippen LogP contribution in [0.3, 0.4) is 0 Å². The maximum atomic E-state index is 14.0. The molecule has 0 atom stereocenters. The van der Waals surface area contributed by atoms with Gasteiger partial charge in [0.25, 0.3) is 5.69 Å². The largest absolute Gasteiger partial charge is 0.504 e. The van der Waals surface area contributed by atoms with Gasteiger partial charge in [-0.05, 0) is 24.3 Å². The van der Waals surface area contributed by atoms with E-state index in [1.165, 1.54) is 36.5 Å². The summed E-state index contributed by atoms with van der Waals surface area (Å²) in [6, 6.07) is 6.70. The topological polar surface area (TPSA) is 101 Å². The number of nitrogens with zero attached hydrogens (tertiary/aromatic N) is 3. The predicted molar refractivity (Wildman–Crippen MR) is 90.5 cm³/mol. The van der Waals surface area contributed by atoms with Crippen LogP contribution in [0.5, 0.6) is 5.75 Å². The molecule has 2 heterocycles. The third kappa shape index (κ3) is 3.64. The van der Waals surface area contributed by atoms with Gasteiger partial charge in [0.2, 0.25) is 0 Å². The summed E-state index contributed by atoms with van der Waals surface area (Å²) in [6.45, 7) is 0. The van der Waals surface area contributed by atoms with Crippen molar-refractivity contribution in [2.24, 2.45) is 0 Å². The van der Waals surface area contributed by atoms with E-state index in [2.05, 4.69) is 15.3 Å². The van der Waals surface area contributed by atoms with Crippen LogP contribution in [0.15, 0.2) is 48.9 Å². The van der Waals surface area contributed by atoms with E-state index in [4.69, 9.17) is 11.6 Å². The molecule has 25 heavy (non-hydrogen) atoms. The normalized spacial score (nSPS) is 10.5. The van der Waals surface area contributed by atoms with Crippen LogP contribution in [0.4, 0.5) is 21.5 Å². The number of hydrogen-bond donors (Lipinski definition) is 2. The van der Waals surface area contributed by atoms with E-state index in [-0.39, 0.29) is 34.1 Å². The van der Waals surface area contributed by atoms with E-state index in [0.717, 1.165) is 12.4 Å². The summed E-state index contributed by atoms with van der Waals surface area (Å²) in [5, 5.41) is 23.9. The third-order valence-corrected chi connectivity index (χ3v) is 3.54. The molecule has 0 spiro atoms. The number of halogens is 2. The van der Waals surface area contributed by atoms with Crippen LogP contribution in [0.25, 0.3) is 11.3 Å². The van der Waals surface area contributed by atoms with Crippen molar-refractivity contribution >= 4 is 28.7 Å². The first kappa shape index (κ1) is 16.6. The number of pyridine rings is 2. The molecular weight excluding hydrogens is 351 g/mol. The molecule has 9 heteroatoms. The van der Waals surface area contributed by atoms with E-state index in [0.29, 0.717) is 5.02 Å². The Morgan fingerprint density at radius 1 is 1.20 bits per heavy atom. The van der Waals surface area contributed by atoms with Crippen LogP contribution in [0.2, 0.25) is 5.02 Å². The van der Waals surface area contributed by atoms with Gasteiger partial charge in [-0.3, -0.25) is 20.1 Å². The van der Waals surface area contributed by atoms with Crippen molar-refractivity contribution in [2.75, 3.05) is 5.32 Å². The number of anilines is 2. The minimum absolute atomic E-state index is 0.160. The minimum Gasteiger partial charge on any atom is -0.504 e. The van der Waals surface area contributed by atoms with Crippen molar-refractivity contribution in [1.29, 1.82) is 0 Å². The highest BCUT2D eigenvalue weighted by Gasteiger charge is 2.12. The van der Waals surface area contributed by atoms with E-state index in [1.54, 1.807) is 0 Å². The number of nitrogens with one attached hydrogen (secondary N) is 1. The molecule has 0 aliphatic heterocycles. The van der Waals surface area contributed by atoms with Crippen LogP contribution >= 0.6 is 11.6 Å². The number of hydrogen-bond acceptors (Lipinski definition) is 6. The molecule has 0 aliphatic rings. The Morgan fingerprint density at radius 2 is 2.00 bits per heavy atom. The quantitative estimate of drug-likeness (QED) is 0.531. The van der Waals surface area contributed by atoms with Gasteiger partial charge in [0.15, 0.2) is 5.75 Å². The lowest BCUT2D eigenvalue weighted by atomic mass is 10.1. The molecule has 0 saturated carbocycles. The summed E-state index contributed by atoms with van der Waals surface area (Å²) in [7, 11) is 0. The first-order chi connectivity index (χ1) is 11.9. The Hall–Kier alpha value is -3.26. The molecule has 0 fully saturated rings. The lowest BCUT2D eigenvalue weighted by molar-refractivity contribution is -0.385. The van der Waals surface area contributed by atoms with Crippen LogP contribution in [0.1, 0.15) is 0 Å². The molecule has 0 bridgehead atoms. The molecule has 2 N–H and O–H groups in total. The Labute approximate surface area is 145 Å². The second kappa shape index (κ2) is 6.70. The van der Waals surface area contributed by atoms with Crippen LogP contribution in [0, 0.1) is 15.9 Å². The highest BCUT2D eigenvalue weighted by Crippen LogP contribution is 2.32. The Bertz CT molecular complexity index is 968. The summed E-state index contributed by atoms with van der Waals surface area (Å²) < 4.78 is 14.0. The predicted octanol–water partition coefficient (Wildman–Crippen LogP) is 4.29. The van der Waals surface area contributed by atoms with Crippen molar-refractivity contribution in [1.82, 2.24) is 9.97 Å². The van der Waals surface area contributed by atoms with Gasteiger partial charge >= 0.3 is 0 Å². The van der Waals surface area contributed by atoms with Crippen molar-refractivity contribution < 1.29 is 14.4 Å². The van der Waals surface area contributed by atoms with Crippen molar-refractivity contribution in [2.45, 2.75) is 0 Å². The van der Waals surface area contributed by atoms with Crippen molar-refractivity contribution in [3.8, 4) is 17.0 Å².